The highest BCUT2D eigenvalue weighted by Crippen LogP contribution is 2.22. The maximum atomic E-state index is 9.08. The molecule has 1 aliphatic carbocycles. The molecule has 4 nitrogen and oxygen atoms in total. The third-order valence-electron chi connectivity index (χ3n) is 1.70. The van der Waals surface area contributed by atoms with E-state index in [0.717, 1.165) is 0 Å². The van der Waals surface area contributed by atoms with Gasteiger partial charge >= 0.3 is 0 Å². The van der Waals surface area contributed by atoms with Crippen LogP contribution >= 0.6 is 0 Å². The number of nitrogens with two attached hydrogens (primary N) is 2. The Labute approximate surface area is 59.0 Å². The van der Waals surface area contributed by atoms with Gasteiger partial charge in [-0.1, -0.05) is 0 Å². The van der Waals surface area contributed by atoms with Crippen molar-refractivity contribution in [3.63, 3.8) is 0 Å². The molecule has 1 unspecified atom stereocenters. The zero-order chi connectivity index (χ0) is 7.72. The summed E-state index contributed by atoms with van der Waals surface area (Å²) in [5.41, 5.74) is 11.6. The van der Waals surface area contributed by atoms with Crippen LogP contribution in [-0.2, 0) is 0 Å². The molecular formula is C6H11N3O. The molecule has 0 fully saturated rings. The van der Waals surface area contributed by atoms with Gasteiger partial charge in [-0.15, -0.1) is 0 Å². The molecule has 0 radical (unpaired) electrons. The first kappa shape index (κ1) is 7.08. The molecule has 1 rings (SSSR count). The second kappa shape index (κ2) is 2.30. The van der Waals surface area contributed by atoms with Crippen LogP contribution in [0.2, 0.25) is 0 Å². The predicted octanol–water partition coefficient (Wildman–Crippen LogP) is -0.710. The fourth-order valence-electron chi connectivity index (χ4n) is 1.07. The van der Waals surface area contributed by atoms with Crippen LogP contribution in [0.15, 0.2) is 11.3 Å². The van der Waals surface area contributed by atoms with Crippen LogP contribution in [0.4, 0.5) is 0 Å². The standard InChI is InChI=1S/C6H11N3O/c7-5-3(6(8)9)1-2-4(5)10/h4,10H,1-2,7H2,(H3,8,9). The smallest absolute Gasteiger partial charge is 0.120 e. The van der Waals surface area contributed by atoms with Gasteiger partial charge in [0, 0.05) is 11.3 Å². The van der Waals surface area contributed by atoms with E-state index in [1.165, 1.54) is 0 Å². The topological polar surface area (TPSA) is 96.1 Å². The molecule has 1 aliphatic rings. The monoisotopic (exact) mass is 141 g/mol. The summed E-state index contributed by atoms with van der Waals surface area (Å²) in [5, 5.41) is 16.1. The average Bonchev–Trinajstić information content (AvgIpc) is 2.14. The maximum absolute atomic E-state index is 9.08. The van der Waals surface area contributed by atoms with E-state index in [1.807, 2.05) is 0 Å². The van der Waals surface area contributed by atoms with Crippen LogP contribution in [-0.4, -0.2) is 17.0 Å². The fraction of sp³-hybridized carbons (Fsp3) is 0.500. The summed E-state index contributed by atoms with van der Waals surface area (Å²) in [6.45, 7) is 0. The lowest BCUT2D eigenvalue weighted by Crippen LogP contribution is -2.18. The third-order valence-corrected chi connectivity index (χ3v) is 1.70. The van der Waals surface area contributed by atoms with E-state index >= 15 is 0 Å². The number of amidine groups is 1. The van der Waals surface area contributed by atoms with Crippen molar-refractivity contribution in [3.05, 3.63) is 11.3 Å². The van der Waals surface area contributed by atoms with Crippen molar-refractivity contribution in [2.45, 2.75) is 18.9 Å². The van der Waals surface area contributed by atoms with Gasteiger partial charge in [-0.3, -0.25) is 5.41 Å². The molecule has 0 saturated carbocycles. The van der Waals surface area contributed by atoms with E-state index in [0.29, 0.717) is 24.1 Å². The van der Waals surface area contributed by atoms with Gasteiger partial charge < -0.3 is 16.6 Å². The highest BCUT2D eigenvalue weighted by molar-refractivity contribution is 5.95. The van der Waals surface area contributed by atoms with Gasteiger partial charge in [0.2, 0.25) is 0 Å². The molecule has 0 aromatic carbocycles. The van der Waals surface area contributed by atoms with E-state index in [4.69, 9.17) is 22.0 Å². The summed E-state index contributed by atoms with van der Waals surface area (Å²) in [7, 11) is 0. The first-order valence-electron chi connectivity index (χ1n) is 3.14. The minimum absolute atomic E-state index is 0.0194. The lowest BCUT2D eigenvalue weighted by Gasteiger charge is -2.01. The summed E-state index contributed by atoms with van der Waals surface area (Å²) < 4.78 is 0. The zero-order valence-electron chi connectivity index (χ0n) is 5.59. The van der Waals surface area contributed by atoms with Crippen molar-refractivity contribution < 1.29 is 5.11 Å². The SMILES string of the molecule is N=C(N)C1=C(N)C(O)CC1. The van der Waals surface area contributed by atoms with Crippen molar-refractivity contribution in [1.82, 2.24) is 0 Å². The molecule has 56 valence electrons. The molecule has 0 saturated heterocycles. The minimum atomic E-state index is -0.584. The Morgan fingerprint density at radius 2 is 2.30 bits per heavy atom. The molecule has 0 bridgehead atoms. The maximum Gasteiger partial charge on any atom is 0.120 e. The molecule has 0 heterocycles. The van der Waals surface area contributed by atoms with Crippen molar-refractivity contribution in [3.8, 4) is 0 Å². The molecule has 0 spiro atoms. The van der Waals surface area contributed by atoms with Crippen LogP contribution in [0.5, 0.6) is 0 Å². The quantitative estimate of drug-likeness (QED) is 0.287. The van der Waals surface area contributed by atoms with Gasteiger partial charge in [-0.2, -0.15) is 0 Å². The van der Waals surface area contributed by atoms with Gasteiger partial charge in [-0.25, -0.2) is 0 Å². The van der Waals surface area contributed by atoms with Gasteiger partial charge in [-0.05, 0) is 12.8 Å². The van der Waals surface area contributed by atoms with E-state index in [9.17, 15) is 0 Å². The normalized spacial score (nSPS) is 25.5. The van der Waals surface area contributed by atoms with E-state index < -0.39 is 6.10 Å². The highest BCUT2D eigenvalue weighted by atomic mass is 16.3. The average molecular weight is 141 g/mol. The number of nitrogens with one attached hydrogen (secondary N) is 1. The van der Waals surface area contributed by atoms with Crippen molar-refractivity contribution in [2.75, 3.05) is 0 Å². The Hall–Kier alpha value is -1.03. The van der Waals surface area contributed by atoms with Crippen LogP contribution in [0.3, 0.4) is 0 Å². The van der Waals surface area contributed by atoms with Crippen LogP contribution in [0, 0.1) is 5.41 Å². The number of hydrogen-bond donors (Lipinski definition) is 4. The van der Waals surface area contributed by atoms with Gasteiger partial charge in [0.15, 0.2) is 0 Å². The third kappa shape index (κ3) is 0.974. The lowest BCUT2D eigenvalue weighted by molar-refractivity contribution is 0.210. The second-order valence-corrected chi connectivity index (χ2v) is 2.40. The molecule has 1 atom stereocenters. The molecule has 10 heavy (non-hydrogen) atoms. The highest BCUT2D eigenvalue weighted by Gasteiger charge is 2.22. The molecular weight excluding hydrogens is 130 g/mol. The van der Waals surface area contributed by atoms with Crippen LogP contribution < -0.4 is 11.5 Å². The number of hydrogen-bond acceptors (Lipinski definition) is 3. The Bertz CT molecular complexity index is 197. The second-order valence-electron chi connectivity index (χ2n) is 2.40. The summed E-state index contributed by atoms with van der Waals surface area (Å²) in [5.74, 6) is -0.0194. The summed E-state index contributed by atoms with van der Waals surface area (Å²) >= 11 is 0. The molecule has 0 aromatic rings. The number of rotatable bonds is 1. The Morgan fingerprint density at radius 1 is 1.70 bits per heavy atom. The van der Waals surface area contributed by atoms with Crippen molar-refractivity contribution >= 4 is 5.84 Å². The largest absolute Gasteiger partial charge is 0.400 e. The summed E-state index contributed by atoms with van der Waals surface area (Å²) in [6.07, 6.45) is 0.641. The van der Waals surface area contributed by atoms with Crippen LogP contribution in [0.1, 0.15) is 12.8 Å². The predicted molar refractivity (Wildman–Crippen MR) is 38.4 cm³/mol. The zero-order valence-corrected chi connectivity index (χ0v) is 5.59. The molecule has 0 aromatic heterocycles. The van der Waals surface area contributed by atoms with Gasteiger partial charge in [0.05, 0.1) is 6.10 Å². The fourth-order valence-corrected chi connectivity index (χ4v) is 1.07. The number of aliphatic hydroxyl groups is 1. The Balaban J connectivity index is 2.85. The summed E-state index contributed by atoms with van der Waals surface area (Å²) in [4.78, 5) is 0. The number of aliphatic hydroxyl groups excluding tert-OH is 1. The van der Waals surface area contributed by atoms with Gasteiger partial charge in [0.25, 0.3) is 0 Å². The van der Waals surface area contributed by atoms with Gasteiger partial charge in [0.1, 0.15) is 5.84 Å². The molecule has 4 heteroatoms. The Morgan fingerprint density at radius 3 is 2.50 bits per heavy atom. The minimum Gasteiger partial charge on any atom is -0.400 e. The van der Waals surface area contributed by atoms with Crippen molar-refractivity contribution in [2.24, 2.45) is 11.5 Å². The molecule has 0 aliphatic heterocycles. The van der Waals surface area contributed by atoms with E-state index in [-0.39, 0.29) is 5.84 Å². The first-order chi connectivity index (χ1) is 4.63. The Kier molecular flexibility index (Phi) is 1.63. The lowest BCUT2D eigenvalue weighted by atomic mass is 10.2. The van der Waals surface area contributed by atoms with Crippen molar-refractivity contribution in [1.29, 1.82) is 5.41 Å². The molecule has 0 amide bonds. The van der Waals surface area contributed by atoms with Crippen LogP contribution in [0.25, 0.3) is 0 Å². The van der Waals surface area contributed by atoms with E-state index in [2.05, 4.69) is 0 Å². The summed E-state index contributed by atoms with van der Waals surface area (Å²) in [6, 6.07) is 0. The molecule has 6 N–H and O–H groups in total. The first-order valence-corrected chi connectivity index (χ1v) is 3.14. The van der Waals surface area contributed by atoms with E-state index in [1.54, 1.807) is 0 Å².